The topological polar surface area (TPSA) is 137 Å². The van der Waals surface area contributed by atoms with Crippen LogP contribution in [0, 0.1) is 6.92 Å². The van der Waals surface area contributed by atoms with Gasteiger partial charge in [-0.3, -0.25) is 9.36 Å². The number of carbonyl (C=O) groups excluding carboxylic acids is 1. The summed E-state index contributed by atoms with van der Waals surface area (Å²) in [6.07, 6.45) is 2.48. The molecule has 1 aliphatic rings. The first kappa shape index (κ1) is 35.1. The van der Waals surface area contributed by atoms with Crippen LogP contribution in [0.2, 0.25) is 0 Å². The lowest BCUT2D eigenvalue weighted by Gasteiger charge is -2.19. The smallest absolute Gasteiger partial charge is 0.281 e. The van der Waals surface area contributed by atoms with Gasteiger partial charge < -0.3 is 25.9 Å². The minimum absolute atomic E-state index is 0.0619. The molecule has 43 heavy (non-hydrogen) atoms. The Hall–Kier alpha value is -4.13. The molecule has 0 saturated carbocycles. The lowest BCUT2D eigenvalue weighted by atomic mass is 10.2. The second-order valence-electron chi connectivity index (χ2n) is 8.39. The molecule has 0 radical (unpaired) electrons. The molecule has 4 aromatic heterocycles. The van der Waals surface area contributed by atoms with Crippen LogP contribution in [0.3, 0.4) is 0 Å². The number of aldehydes is 1. The van der Waals surface area contributed by atoms with Gasteiger partial charge in [0, 0.05) is 39.6 Å². The maximum Gasteiger partial charge on any atom is 0.281 e. The van der Waals surface area contributed by atoms with Crippen molar-refractivity contribution in [3.05, 3.63) is 80.3 Å². The predicted octanol–water partition coefficient (Wildman–Crippen LogP) is 6.02. The highest BCUT2D eigenvalue weighted by molar-refractivity contribution is 7.19. The molecule has 0 saturated heterocycles. The Bertz CT molecular complexity index is 1570. The predicted molar refractivity (Wildman–Crippen MR) is 180 cm³/mol. The third kappa shape index (κ3) is 10.3. The van der Waals surface area contributed by atoms with E-state index in [9.17, 15) is 9.59 Å². The number of hydrogen-bond acceptors (Lipinski definition) is 11. The Morgan fingerprint density at radius 3 is 2.49 bits per heavy atom. The summed E-state index contributed by atoms with van der Waals surface area (Å²) >= 11 is 3.15. The largest absolute Gasteiger partial charge is 0.474 e. The molecule has 0 bridgehead atoms. The molecule has 1 aromatic carbocycles. The number of nitrogens with zero attached hydrogens (tertiary/aromatic N) is 4. The Labute approximate surface area is 261 Å². The second kappa shape index (κ2) is 19.1. The van der Waals surface area contributed by atoms with Crippen LogP contribution in [0.4, 0.5) is 11.5 Å². The van der Waals surface area contributed by atoms with E-state index in [4.69, 9.17) is 10.5 Å². The number of hydrogen-bond donors (Lipinski definition) is 3. The minimum Gasteiger partial charge on any atom is -0.474 e. The molecule has 0 unspecified atom stereocenters. The number of anilines is 2. The number of thiophene rings is 1. The number of pyridine rings is 1. The molecule has 0 fully saturated rings. The summed E-state index contributed by atoms with van der Waals surface area (Å²) in [6, 6.07) is 14.3. The average Bonchev–Trinajstić information content (AvgIpc) is 3.72. The fraction of sp³-hybridized carbons (Fsp3) is 0.323. The molecule has 1 aliphatic heterocycles. The van der Waals surface area contributed by atoms with Crippen molar-refractivity contribution in [1.29, 1.82) is 0 Å². The number of nitrogen functional groups attached to an aromatic ring is 1. The molecule has 0 spiro atoms. The van der Waals surface area contributed by atoms with E-state index in [0.717, 1.165) is 6.54 Å². The van der Waals surface area contributed by atoms with Gasteiger partial charge in [0.05, 0.1) is 12.1 Å². The van der Waals surface area contributed by atoms with Crippen molar-refractivity contribution in [2.45, 2.75) is 47.7 Å². The number of thiazole rings is 1. The molecule has 10 nitrogen and oxygen atoms in total. The van der Waals surface area contributed by atoms with Gasteiger partial charge in [-0.25, -0.2) is 9.97 Å². The van der Waals surface area contributed by atoms with Gasteiger partial charge >= 0.3 is 0 Å². The number of benzene rings is 1. The van der Waals surface area contributed by atoms with E-state index in [-0.39, 0.29) is 18.0 Å². The number of aromatic nitrogens is 4. The van der Waals surface area contributed by atoms with Crippen molar-refractivity contribution in [1.82, 2.24) is 24.8 Å². The first-order valence-corrected chi connectivity index (χ1v) is 15.9. The molecule has 12 heteroatoms. The fourth-order valence-electron chi connectivity index (χ4n) is 3.68. The number of nitrogens with one attached hydrogen (secondary N) is 2. The van der Waals surface area contributed by atoms with E-state index >= 15 is 0 Å². The van der Waals surface area contributed by atoms with Gasteiger partial charge in [0.1, 0.15) is 24.4 Å². The number of fused-ring (bicyclic) bond motifs is 2. The van der Waals surface area contributed by atoms with Crippen LogP contribution in [0.25, 0.3) is 21.6 Å². The monoisotopic (exact) mass is 623 g/mol. The van der Waals surface area contributed by atoms with Crippen LogP contribution >= 0.6 is 22.7 Å². The van der Waals surface area contributed by atoms with Gasteiger partial charge in [0.2, 0.25) is 5.88 Å². The van der Waals surface area contributed by atoms with E-state index in [2.05, 4.69) is 50.7 Å². The quantitative estimate of drug-likeness (QED) is 0.201. The summed E-state index contributed by atoms with van der Waals surface area (Å²) in [5.74, 6) is 1.20. The zero-order valence-corrected chi connectivity index (χ0v) is 27.2. The summed E-state index contributed by atoms with van der Waals surface area (Å²) in [5, 5.41) is 9.01. The first-order valence-electron chi connectivity index (χ1n) is 14.1. The van der Waals surface area contributed by atoms with Crippen molar-refractivity contribution in [3.63, 3.8) is 0 Å². The number of aryl methyl sites for hydroxylation is 1. The molecule has 4 N–H and O–H groups in total. The van der Waals surface area contributed by atoms with Gasteiger partial charge in [-0.2, -0.15) is 4.98 Å². The Balaban J connectivity index is 0.000000232. The van der Waals surface area contributed by atoms with Gasteiger partial charge in [-0.1, -0.05) is 63.6 Å². The fourth-order valence-corrected chi connectivity index (χ4v) is 5.30. The number of carbonyl (C=O) groups is 1. The summed E-state index contributed by atoms with van der Waals surface area (Å²) in [4.78, 5) is 36.9. The summed E-state index contributed by atoms with van der Waals surface area (Å²) in [6.45, 7) is 11.9. The SMILES string of the molecule is CC.CC.CNCc1cc2cnc(N)cc2s1.Cc1ccccc1.O=CCn1c(-c2cscn2)nc2c(c1=O)NCCO2. The zero-order chi connectivity index (χ0) is 31.6. The highest BCUT2D eigenvalue weighted by atomic mass is 32.1. The molecule has 0 atom stereocenters. The van der Waals surface area contributed by atoms with Crippen LogP contribution in [-0.2, 0) is 17.9 Å². The zero-order valence-electron chi connectivity index (χ0n) is 25.6. The van der Waals surface area contributed by atoms with E-state index in [1.54, 1.807) is 22.2 Å². The van der Waals surface area contributed by atoms with Crippen molar-refractivity contribution in [2.75, 3.05) is 31.2 Å². The second-order valence-corrected chi connectivity index (χ2v) is 10.3. The first-order chi connectivity index (χ1) is 21.0. The van der Waals surface area contributed by atoms with Crippen LogP contribution in [0.1, 0.15) is 38.1 Å². The van der Waals surface area contributed by atoms with Gasteiger partial charge in [-0.05, 0) is 26.1 Å². The third-order valence-corrected chi connectivity index (χ3v) is 7.15. The van der Waals surface area contributed by atoms with E-state index in [1.165, 1.54) is 36.4 Å². The van der Waals surface area contributed by atoms with Crippen molar-refractivity contribution < 1.29 is 9.53 Å². The van der Waals surface area contributed by atoms with Gasteiger partial charge in [0.25, 0.3) is 5.56 Å². The molecule has 0 amide bonds. The lowest BCUT2D eigenvalue weighted by molar-refractivity contribution is -0.108. The maximum atomic E-state index is 12.3. The molecular formula is C31H41N7O3S2. The summed E-state index contributed by atoms with van der Waals surface area (Å²) in [5.41, 5.74) is 9.09. The van der Waals surface area contributed by atoms with Crippen LogP contribution in [-0.4, -0.2) is 46.0 Å². The highest BCUT2D eigenvalue weighted by Crippen LogP contribution is 2.26. The Morgan fingerprint density at radius 2 is 1.88 bits per heavy atom. The summed E-state index contributed by atoms with van der Waals surface area (Å²) in [7, 11) is 1.94. The van der Waals surface area contributed by atoms with Crippen molar-refractivity contribution in [3.8, 4) is 17.4 Å². The minimum atomic E-state index is -0.320. The molecule has 6 rings (SSSR count). The maximum absolute atomic E-state index is 12.3. The van der Waals surface area contributed by atoms with E-state index < -0.39 is 0 Å². The number of ether oxygens (including phenoxy) is 1. The van der Waals surface area contributed by atoms with E-state index in [0.29, 0.717) is 42.5 Å². The van der Waals surface area contributed by atoms with E-state index in [1.807, 2.05) is 65.2 Å². The van der Waals surface area contributed by atoms with Crippen molar-refractivity contribution >= 4 is 50.6 Å². The van der Waals surface area contributed by atoms with Gasteiger partial charge in [0.15, 0.2) is 11.5 Å². The average molecular weight is 624 g/mol. The standard InChI is InChI=1S/C11H10N4O3S.C9H11N3S.C7H8.2C2H6/c16-3-2-15-9(7-5-19-6-13-7)14-10-8(11(15)17)12-1-4-18-10;1-11-5-7-2-6-4-12-9(10)3-8(6)13-7;1-7-5-3-2-4-6-7;2*1-2/h3,5-6,12H,1-2,4H2;2-4,11H,5H2,1H3,(H2,10,12);2-6H,1H3;2*1-2H3. The third-order valence-electron chi connectivity index (χ3n) is 5.46. The highest BCUT2D eigenvalue weighted by Gasteiger charge is 2.21. The Kier molecular flexibility index (Phi) is 15.6. The van der Waals surface area contributed by atoms with Crippen LogP contribution in [0.5, 0.6) is 5.88 Å². The number of nitrogens with two attached hydrogens (primary N) is 1. The lowest BCUT2D eigenvalue weighted by Crippen LogP contribution is -2.32. The molecule has 230 valence electrons. The molecule has 0 aliphatic carbocycles. The molecule has 5 heterocycles. The van der Waals surface area contributed by atoms with Gasteiger partial charge in [-0.15, -0.1) is 22.7 Å². The Morgan fingerprint density at radius 1 is 1.14 bits per heavy atom. The van der Waals surface area contributed by atoms with Crippen LogP contribution in [0.15, 0.2) is 64.3 Å². The number of rotatable bonds is 5. The van der Waals surface area contributed by atoms with Crippen molar-refractivity contribution in [2.24, 2.45) is 0 Å². The summed E-state index contributed by atoms with van der Waals surface area (Å²) < 4.78 is 7.88. The molecular weight excluding hydrogens is 583 g/mol. The molecule has 5 aromatic rings. The normalized spacial score (nSPS) is 10.8. The van der Waals surface area contributed by atoms with Crippen LogP contribution < -0.4 is 26.7 Å².